The summed E-state index contributed by atoms with van der Waals surface area (Å²) >= 11 is 9.29. The molecule has 25 heavy (non-hydrogen) atoms. The molecule has 0 radical (unpaired) electrons. The molecule has 2 aromatic carbocycles. The van der Waals surface area contributed by atoms with Crippen molar-refractivity contribution in [2.75, 3.05) is 19.0 Å². The molecule has 0 bridgehead atoms. The van der Waals surface area contributed by atoms with Gasteiger partial charge >= 0.3 is 0 Å². The first-order valence-corrected chi connectivity index (χ1v) is 9.86. The minimum Gasteiger partial charge on any atom is -0.497 e. The molecule has 0 saturated carbocycles. The summed E-state index contributed by atoms with van der Waals surface area (Å²) in [6, 6.07) is 11.0. The molecule has 1 amide bonds. The largest absolute Gasteiger partial charge is 0.497 e. The summed E-state index contributed by atoms with van der Waals surface area (Å²) in [5.41, 5.74) is 0.466. The zero-order chi connectivity index (χ0) is 18.4. The zero-order valence-corrected chi connectivity index (χ0v) is 16.4. The molecule has 134 valence electrons. The molecule has 9 heteroatoms. The molecule has 0 unspecified atom stereocenters. The van der Waals surface area contributed by atoms with Crippen LogP contribution in [0.5, 0.6) is 5.75 Å². The van der Waals surface area contributed by atoms with Crippen LogP contribution in [0, 0.1) is 0 Å². The van der Waals surface area contributed by atoms with Gasteiger partial charge in [0.25, 0.3) is 0 Å². The molecule has 0 spiro atoms. The fourth-order valence-electron chi connectivity index (χ4n) is 1.94. The van der Waals surface area contributed by atoms with E-state index in [9.17, 15) is 13.2 Å². The molecule has 2 N–H and O–H groups in total. The van der Waals surface area contributed by atoms with Crippen molar-refractivity contribution in [1.29, 1.82) is 0 Å². The summed E-state index contributed by atoms with van der Waals surface area (Å²) in [5.74, 6) is 0.214. The van der Waals surface area contributed by atoms with Gasteiger partial charge < -0.3 is 10.1 Å². The maximum Gasteiger partial charge on any atom is 0.240 e. The standard InChI is InChI=1S/C16H16BrClN2O4S/c1-24-12-3-5-13(6-4-12)25(22,23)19-9-8-16(21)20-15-7-2-11(17)10-14(15)18/h2-7,10,19H,8-9H2,1H3,(H,20,21). The van der Waals surface area contributed by atoms with Crippen LogP contribution in [-0.2, 0) is 14.8 Å². The number of carbonyl (C=O) groups is 1. The van der Waals surface area contributed by atoms with Crippen LogP contribution in [-0.4, -0.2) is 28.0 Å². The minimum absolute atomic E-state index is 0.0260. The van der Waals surface area contributed by atoms with Crippen LogP contribution in [0.25, 0.3) is 0 Å². The van der Waals surface area contributed by atoms with Gasteiger partial charge in [0.05, 0.1) is 22.7 Å². The summed E-state index contributed by atoms with van der Waals surface area (Å²) in [6.45, 7) is -0.0334. The van der Waals surface area contributed by atoms with Gasteiger partial charge in [-0.25, -0.2) is 13.1 Å². The molecule has 0 aliphatic rings. The lowest BCUT2D eigenvalue weighted by Gasteiger charge is -2.09. The Morgan fingerprint density at radius 3 is 2.48 bits per heavy atom. The van der Waals surface area contributed by atoms with Crippen LogP contribution in [0.15, 0.2) is 51.8 Å². The second-order valence-corrected chi connectivity index (χ2v) is 8.09. The normalized spacial score (nSPS) is 11.2. The molecule has 2 aromatic rings. The van der Waals surface area contributed by atoms with Crippen molar-refractivity contribution in [3.63, 3.8) is 0 Å². The second-order valence-electron chi connectivity index (χ2n) is 5.00. The third-order valence-electron chi connectivity index (χ3n) is 3.22. The minimum atomic E-state index is -3.69. The Labute approximate surface area is 159 Å². The molecule has 6 nitrogen and oxygen atoms in total. The van der Waals surface area contributed by atoms with Crippen molar-refractivity contribution in [2.24, 2.45) is 0 Å². The highest BCUT2D eigenvalue weighted by molar-refractivity contribution is 9.10. The Bertz CT molecular complexity index is 857. The lowest BCUT2D eigenvalue weighted by molar-refractivity contribution is -0.116. The first-order valence-electron chi connectivity index (χ1n) is 7.20. The van der Waals surface area contributed by atoms with E-state index in [1.165, 1.54) is 19.2 Å². The number of halogens is 2. The van der Waals surface area contributed by atoms with Crippen molar-refractivity contribution in [3.8, 4) is 5.75 Å². The molecule has 0 heterocycles. The van der Waals surface area contributed by atoms with E-state index in [0.717, 1.165) is 4.47 Å². The predicted octanol–water partition coefficient (Wildman–Crippen LogP) is 3.42. The van der Waals surface area contributed by atoms with Gasteiger partial charge in [-0.05, 0) is 42.5 Å². The van der Waals surface area contributed by atoms with Gasteiger partial charge in [-0.1, -0.05) is 27.5 Å². The molecular formula is C16H16BrClN2O4S. The van der Waals surface area contributed by atoms with E-state index in [1.807, 2.05) is 0 Å². The topological polar surface area (TPSA) is 84.5 Å². The predicted molar refractivity (Wildman–Crippen MR) is 101 cm³/mol. The number of rotatable bonds is 7. The molecule has 0 saturated heterocycles. The number of amides is 1. The molecule has 0 fully saturated rings. The van der Waals surface area contributed by atoms with Crippen molar-refractivity contribution in [1.82, 2.24) is 4.72 Å². The zero-order valence-electron chi connectivity index (χ0n) is 13.3. The van der Waals surface area contributed by atoms with Gasteiger partial charge in [-0.15, -0.1) is 0 Å². The van der Waals surface area contributed by atoms with Crippen LogP contribution in [0.1, 0.15) is 6.42 Å². The average Bonchev–Trinajstić information content (AvgIpc) is 2.57. The second kappa shape index (κ2) is 8.66. The fraction of sp³-hybridized carbons (Fsp3) is 0.188. The number of benzene rings is 2. The summed E-state index contributed by atoms with van der Waals surface area (Å²) in [6.07, 6.45) is -0.0260. The van der Waals surface area contributed by atoms with Crippen molar-refractivity contribution in [2.45, 2.75) is 11.3 Å². The molecule has 0 aromatic heterocycles. The Morgan fingerprint density at radius 1 is 1.20 bits per heavy atom. The van der Waals surface area contributed by atoms with E-state index in [4.69, 9.17) is 16.3 Å². The number of nitrogens with one attached hydrogen (secondary N) is 2. The molecular weight excluding hydrogens is 432 g/mol. The summed E-state index contributed by atoms with van der Waals surface area (Å²) in [7, 11) is -2.19. The van der Waals surface area contributed by atoms with Gasteiger partial charge in [0.2, 0.25) is 15.9 Å². The average molecular weight is 448 g/mol. The highest BCUT2D eigenvalue weighted by Gasteiger charge is 2.14. The maximum atomic E-state index is 12.2. The van der Waals surface area contributed by atoms with E-state index in [1.54, 1.807) is 30.3 Å². The van der Waals surface area contributed by atoms with E-state index in [0.29, 0.717) is 16.5 Å². The third-order valence-corrected chi connectivity index (χ3v) is 5.50. The van der Waals surface area contributed by atoms with Crippen molar-refractivity contribution >= 4 is 49.1 Å². The number of methoxy groups -OCH3 is 1. The first-order chi connectivity index (χ1) is 11.8. The third kappa shape index (κ3) is 5.71. The summed E-state index contributed by atoms with van der Waals surface area (Å²) in [4.78, 5) is 12.0. The maximum absolute atomic E-state index is 12.2. The molecule has 2 rings (SSSR count). The summed E-state index contributed by atoms with van der Waals surface area (Å²) in [5, 5.41) is 3.03. The van der Waals surface area contributed by atoms with Crippen LogP contribution in [0.4, 0.5) is 5.69 Å². The lowest BCUT2D eigenvalue weighted by atomic mass is 10.3. The van der Waals surface area contributed by atoms with Gasteiger partial charge in [0, 0.05) is 17.4 Å². The number of hydrogen-bond donors (Lipinski definition) is 2. The highest BCUT2D eigenvalue weighted by atomic mass is 79.9. The monoisotopic (exact) mass is 446 g/mol. The highest BCUT2D eigenvalue weighted by Crippen LogP contribution is 2.25. The van der Waals surface area contributed by atoms with E-state index in [-0.39, 0.29) is 23.8 Å². The van der Waals surface area contributed by atoms with E-state index >= 15 is 0 Å². The van der Waals surface area contributed by atoms with Gasteiger partial charge in [-0.2, -0.15) is 0 Å². The van der Waals surface area contributed by atoms with E-state index in [2.05, 4.69) is 26.0 Å². The SMILES string of the molecule is COc1ccc(S(=O)(=O)NCCC(=O)Nc2ccc(Br)cc2Cl)cc1. The Hall–Kier alpha value is -1.61. The molecule has 0 atom stereocenters. The van der Waals surface area contributed by atoms with Crippen LogP contribution < -0.4 is 14.8 Å². The van der Waals surface area contributed by atoms with Crippen molar-refractivity contribution < 1.29 is 17.9 Å². The number of sulfonamides is 1. The Morgan fingerprint density at radius 2 is 1.88 bits per heavy atom. The number of hydrogen-bond acceptors (Lipinski definition) is 4. The fourth-order valence-corrected chi connectivity index (χ4v) is 3.69. The van der Waals surface area contributed by atoms with Crippen LogP contribution in [0.2, 0.25) is 5.02 Å². The lowest BCUT2D eigenvalue weighted by Crippen LogP contribution is -2.27. The van der Waals surface area contributed by atoms with Crippen LogP contribution in [0.3, 0.4) is 0 Å². The van der Waals surface area contributed by atoms with Crippen LogP contribution >= 0.6 is 27.5 Å². The van der Waals surface area contributed by atoms with Gasteiger partial charge in [0.15, 0.2) is 0 Å². The van der Waals surface area contributed by atoms with Gasteiger partial charge in [0.1, 0.15) is 5.75 Å². The number of anilines is 1. The first kappa shape index (κ1) is 19.7. The molecule has 0 aliphatic heterocycles. The van der Waals surface area contributed by atoms with E-state index < -0.39 is 10.0 Å². The number of ether oxygens (including phenoxy) is 1. The molecule has 0 aliphatic carbocycles. The number of carbonyl (C=O) groups excluding carboxylic acids is 1. The Balaban J connectivity index is 1.89. The van der Waals surface area contributed by atoms with Crippen molar-refractivity contribution in [3.05, 3.63) is 52.0 Å². The quantitative estimate of drug-likeness (QED) is 0.681. The smallest absolute Gasteiger partial charge is 0.240 e. The summed E-state index contributed by atoms with van der Waals surface area (Å²) < 4.78 is 32.5. The Kier molecular flexibility index (Phi) is 6.83. The van der Waals surface area contributed by atoms with Gasteiger partial charge in [-0.3, -0.25) is 4.79 Å².